The van der Waals surface area contributed by atoms with Gasteiger partial charge in [-0.15, -0.1) is 0 Å². The van der Waals surface area contributed by atoms with E-state index in [2.05, 4.69) is 41.5 Å². The molecule has 10 unspecified atom stereocenters. The number of aliphatic hydroxyl groups excluding tert-OH is 1. The van der Waals surface area contributed by atoms with E-state index in [1.165, 1.54) is 64.2 Å². The van der Waals surface area contributed by atoms with Gasteiger partial charge in [-0.05, 0) is 128 Å². The third kappa shape index (κ3) is 2.77. The fourth-order valence-electron chi connectivity index (χ4n) is 10.6. The summed E-state index contributed by atoms with van der Waals surface area (Å²) in [5.74, 6) is 4.57. The van der Waals surface area contributed by atoms with Crippen LogP contribution >= 0.6 is 0 Å². The Hall–Kier alpha value is -0.300. The summed E-state index contributed by atoms with van der Waals surface area (Å²) in [5.41, 5.74) is 3.76. The van der Waals surface area contributed by atoms with Gasteiger partial charge in [-0.2, -0.15) is 0 Å². The number of aliphatic hydroxyl groups is 1. The van der Waals surface area contributed by atoms with E-state index in [1.54, 1.807) is 5.57 Å². The van der Waals surface area contributed by atoms with Crippen LogP contribution in [-0.4, -0.2) is 11.2 Å². The van der Waals surface area contributed by atoms with Gasteiger partial charge in [0.05, 0.1) is 6.10 Å². The number of rotatable bonds is 5. The lowest BCUT2D eigenvalue weighted by atomic mass is 9.43. The summed E-state index contributed by atoms with van der Waals surface area (Å²) >= 11 is 0. The van der Waals surface area contributed by atoms with Crippen molar-refractivity contribution in [1.29, 1.82) is 0 Å². The maximum Gasteiger partial charge on any atom is 0.0568 e. The number of hydrogen-bond donors (Lipinski definition) is 1. The SMILES string of the molecule is C=C(CCC(C)C(C)C)C1CCC2(C)C3CCC4C(C)C(O)CCC45CC35CCC12C. The van der Waals surface area contributed by atoms with Gasteiger partial charge in [-0.1, -0.05) is 53.7 Å². The van der Waals surface area contributed by atoms with Gasteiger partial charge < -0.3 is 5.11 Å². The van der Waals surface area contributed by atoms with Crippen LogP contribution in [0.15, 0.2) is 12.2 Å². The molecule has 0 aromatic rings. The number of hydrogen-bond acceptors (Lipinski definition) is 1. The van der Waals surface area contributed by atoms with E-state index in [-0.39, 0.29) is 6.10 Å². The quantitative estimate of drug-likeness (QED) is 0.441. The van der Waals surface area contributed by atoms with Gasteiger partial charge in [0.25, 0.3) is 0 Å². The first kappa shape index (κ1) is 22.5. The molecule has 0 aliphatic heterocycles. The predicted molar refractivity (Wildman–Crippen MR) is 131 cm³/mol. The highest BCUT2D eigenvalue weighted by atomic mass is 16.3. The minimum Gasteiger partial charge on any atom is -0.393 e. The Labute approximate surface area is 192 Å². The molecule has 1 nitrogen and oxygen atoms in total. The Kier molecular flexibility index (Phi) is 5.15. The molecule has 0 heterocycles. The zero-order valence-electron chi connectivity index (χ0n) is 21.5. The largest absolute Gasteiger partial charge is 0.393 e. The Morgan fingerprint density at radius 2 is 1.68 bits per heavy atom. The van der Waals surface area contributed by atoms with Crippen LogP contribution < -0.4 is 0 Å². The lowest BCUT2D eigenvalue weighted by Gasteiger charge is -2.62. The molecule has 0 radical (unpaired) electrons. The van der Waals surface area contributed by atoms with Crippen molar-refractivity contribution in [1.82, 2.24) is 0 Å². The number of allylic oxidation sites excluding steroid dienone is 1. The minimum absolute atomic E-state index is 0.0401. The summed E-state index contributed by atoms with van der Waals surface area (Å²) in [4.78, 5) is 0. The summed E-state index contributed by atoms with van der Waals surface area (Å²) < 4.78 is 0. The molecule has 0 aromatic carbocycles. The van der Waals surface area contributed by atoms with Crippen molar-refractivity contribution in [2.24, 2.45) is 57.2 Å². The van der Waals surface area contributed by atoms with Gasteiger partial charge in [-0.3, -0.25) is 0 Å². The minimum atomic E-state index is -0.0401. The molecule has 0 amide bonds. The lowest BCUT2D eigenvalue weighted by molar-refractivity contribution is -0.136. The van der Waals surface area contributed by atoms with Gasteiger partial charge in [0.2, 0.25) is 0 Å². The van der Waals surface area contributed by atoms with E-state index in [4.69, 9.17) is 6.58 Å². The second kappa shape index (κ2) is 7.10. The highest BCUT2D eigenvalue weighted by molar-refractivity contribution is 5.31. The van der Waals surface area contributed by atoms with Crippen LogP contribution in [0, 0.1) is 57.2 Å². The molecule has 0 saturated heterocycles. The van der Waals surface area contributed by atoms with Crippen molar-refractivity contribution >= 4 is 0 Å². The highest BCUT2D eigenvalue weighted by Crippen LogP contribution is 2.88. The van der Waals surface area contributed by atoms with Crippen LogP contribution in [0.1, 0.15) is 112 Å². The average Bonchev–Trinajstić information content (AvgIpc) is 3.31. The summed E-state index contributed by atoms with van der Waals surface area (Å²) in [7, 11) is 0. The first-order chi connectivity index (χ1) is 14.5. The molecule has 10 atom stereocenters. The number of fused-ring (bicyclic) bond motifs is 2. The maximum absolute atomic E-state index is 10.6. The average molecular weight is 427 g/mol. The summed E-state index contributed by atoms with van der Waals surface area (Å²) in [6.45, 7) is 19.7. The van der Waals surface area contributed by atoms with Crippen molar-refractivity contribution in [3.8, 4) is 0 Å². The Balaban J connectivity index is 1.37. The molecule has 1 N–H and O–H groups in total. The first-order valence-corrected chi connectivity index (χ1v) is 13.9. The first-order valence-electron chi connectivity index (χ1n) is 13.9. The molecule has 5 saturated carbocycles. The van der Waals surface area contributed by atoms with Gasteiger partial charge in [0.15, 0.2) is 0 Å². The van der Waals surface area contributed by atoms with Gasteiger partial charge in [0.1, 0.15) is 0 Å². The summed E-state index contributed by atoms with van der Waals surface area (Å²) in [6.07, 6.45) is 14.9. The van der Waals surface area contributed by atoms with E-state index in [1.807, 2.05) is 0 Å². The Morgan fingerprint density at radius 3 is 2.39 bits per heavy atom. The zero-order valence-corrected chi connectivity index (χ0v) is 21.5. The van der Waals surface area contributed by atoms with Gasteiger partial charge in [-0.25, -0.2) is 0 Å². The third-order valence-electron chi connectivity index (χ3n) is 13.2. The van der Waals surface area contributed by atoms with Crippen molar-refractivity contribution in [3.05, 3.63) is 12.2 Å². The molecule has 5 rings (SSSR count). The van der Waals surface area contributed by atoms with E-state index < -0.39 is 0 Å². The molecule has 1 heteroatoms. The fraction of sp³-hybridized carbons (Fsp3) is 0.933. The van der Waals surface area contributed by atoms with Crippen molar-refractivity contribution in [3.63, 3.8) is 0 Å². The third-order valence-corrected chi connectivity index (χ3v) is 13.2. The summed E-state index contributed by atoms with van der Waals surface area (Å²) in [5, 5.41) is 10.6. The summed E-state index contributed by atoms with van der Waals surface area (Å²) in [6, 6.07) is 0. The van der Waals surface area contributed by atoms with Crippen LogP contribution in [0.2, 0.25) is 0 Å². The van der Waals surface area contributed by atoms with E-state index in [0.717, 1.165) is 36.0 Å². The standard InChI is InChI=1S/C30H50O/c1-19(2)20(3)8-9-21(4)23-12-14-28(7)26-11-10-24-22(5)25(31)13-15-29(24)18-30(26,29)17-16-27(23,28)6/h19-20,22-26,31H,4,8-18H2,1-3,5-7H3. The van der Waals surface area contributed by atoms with E-state index >= 15 is 0 Å². The molecule has 2 spiro atoms. The lowest BCUT2D eigenvalue weighted by Crippen LogP contribution is -2.55. The molecule has 0 aromatic heterocycles. The van der Waals surface area contributed by atoms with Crippen LogP contribution in [0.25, 0.3) is 0 Å². The van der Waals surface area contributed by atoms with Crippen LogP contribution in [-0.2, 0) is 0 Å². The fourth-order valence-corrected chi connectivity index (χ4v) is 10.6. The monoisotopic (exact) mass is 426 g/mol. The molecule has 176 valence electrons. The Morgan fingerprint density at radius 1 is 0.935 bits per heavy atom. The maximum atomic E-state index is 10.6. The van der Waals surface area contributed by atoms with Gasteiger partial charge in [0, 0.05) is 0 Å². The smallest absolute Gasteiger partial charge is 0.0568 e. The van der Waals surface area contributed by atoms with Crippen LogP contribution in [0.3, 0.4) is 0 Å². The zero-order chi connectivity index (χ0) is 22.4. The second-order valence-corrected chi connectivity index (χ2v) is 14.0. The molecule has 5 aliphatic rings. The van der Waals surface area contributed by atoms with Crippen molar-refractivity contribution in [2.75, 3.05) is 0 Å². The normalized spacial score (nSPS) is 53.9. The van der Waals surface area contributed by atoms with E-state index in [0.29, 0.717) is 27.6 Å². The van der Waals surface area contributed by atoms with Crippen molar-refractivity contribution < 1.29 is 5.11 Å². The molecule has 5 fully saturated rings. The van der Waals surface area contributed by atoms with Crippen LogP contribution in [0.4, 0.5) is 0 Å². The van der Waals surface area contributed by atoms with E-state index in [9.17, 15) is 5.11 Å². The van der Waals surface area contributed by atoms with Crippen LogP contribution in [0.5, 0.6) is 0 Å². The van der Waals surface area contributed by atoms with Crippen molar-refractivity contribution in [2.45, 2.75) is 118 Å². The predicted octanol–water partition coefficient (Wildman–Crippen LogP) is 8.02. The molecule has 31 heavy (non-hydrogen) atoms. The Bertz CT molecular complexity index is 739. The second-order valence-electron chi connectivity index (χ2n) is 14.0. The molecule has 0 bridgehead atoms. The van der Waals surface area contributed by atoms with Gasteiger partial charge >= 0.3 is 0 Å². The topological polar surface area (TPSA) is 20.2 Å². The molecular formula is C30H50O. The molecular weight excluding hydrogens is 376 g/mol. The highest BCUT2D eigenvalue weighted by Gasteiger charge is 2.81. The molecule has 5 aliphatic carbocycles.